The first-order chi connectivity index (χ1) is 9.74. The molecule has 0 aliphatic rings. The first kappa shape index (κ1) is 15.8. The molecule has 20 heavy (non-hydrogen) atoms. The number of allylic oxidation sites excluding steroid dienone is 1. The summed E-state index contributed by atoms with van der Waals surface area (Å²) in [5.41, 5.74) is 2.03. The molecule has 3 heteroatoms. The van der Waals surface area contributed by atoms with Gasteiger partial charge in [0.1, 0.15) is 5.84 Å². The zero-order valence-corrected chi connectivity index (χ0v) is 12.2. The van der Waals surface area contributed by atoms with Crippen molar-refractivity contribution in [3.8, 4) is 0 Å². The molecule has 0 radical (unpaired) electrons. The fourth-order valence-electron chi connectivity index (χ4n) is 1.58. The normalized spacial score (nSPS) is 13.2. The lowest BCUT2D eigenvalue weighted by atomic mass is 10.2. The van der Waals surface area contributed by atoms with Crippen LogP contribution in [0.15, 0.2) is 69.6 Å². The Labute approximate surface area is 121 Å². The summed E-state index contributed by atoms with van der Waals surface area (Å²) in [6.07, 6.45) is 4.56. The van der Waals surface area contributed by atoms with E-state index in [2.05, 4.69) is 28.3 Å². The van der Waals surface area contributed by atoms with Crippen LogP contribution < -0.4 is 0 Å². The molecule has 0 unspecified atom stereocenters. The molecule has 1 aromatic carbocycles. The Bertz CT molecular complexity index is 537. The fourth-order valence-corrected chi connectivity index (χ4v) is 1.58. The molecule has 0 aliphatic carbocycles. The van der Waals surface area contributed by atoms with Gasteiger partial charge in [-0.15, -0.1) is 0 Å². The van der Waals surface area contributed by atoms with Crippen molar-refractivity contribution in [1.82, 2.24) is 0 Å². The molecule has 0 atom stereocenters. The van der Waals surface area contributed by atoms with Crippen LogP contribution in [0.5, 0.6) is 0 Å². The molecule has 0 amide bonds. The zero-order valence-electron chi connectivity index (χ0n) is 12.2. The maximum absolute atomic E-state index is 4.50. The SMILES string of the molecule is C=C/C(=C\C)CN=C(CC)N=C(N=C)c1ccccc1. The number of hydrogen-bond donors (Lipinski definition) is 0. The number of hydrogen-bond acceptors (Lipinski definition) is 1. The van der Waals surface area contributed by atoms with E-state index < -0.39 is 0 Å². The van der Waals surface area contributed by atoms with Crippen molar-refractivity contribution < 1.29 is 0 Å². The Hall–Kier alpha value is -2.29. The summed E-state index contributed by atoms with van der Waals surface area (Å²) in [6, 6.07) is 9.79. The molecule has 0 bridgehead atoms. The molecule has 0 aliphatic heterocycles. The van der Waals surface area contributed by atoms with Gasteiger partial charge >= 0.3 is 0 Å². The Balaban J connectivity index is 2.99. The monoisotopic (exact) mass is 267 g/mol. The summed E-state index contributed by atoms with van der Waals surface area (Å²) in [4.78, 5) is 13.0. The van der Waals surface area contributed by atoms with Crippen LogP contribution in [-0.2, 0) is 0 Å². The Morgan fingerprint density at radius 3 is 2.45 bits per heavy atom. The van der Waals surface area contributed by atoms with E-state index in [1.165, 1.54) is 0 Å². The van der Waals surface area contributed by atoms with Gasteiger partial charge in [0.25, 0.3) is 0 Å². The van der Waals surface area contributed by atoms with Crippen molar-refractivity contribution in [3.05, 3.63) is 60.2 Å². The van der Waals surface area contributed by atoms with Crippen molar-refractivity contribution in [3.63, 3.8) is 0 Å². The van der Waals surface area contributed by atoms with Gasteiger partial charge in [0, 0.05) is 12.0 Å². The number of aliphatic imine (C=N–C) groups is 3. The standard InChI is InChI=1S/C17H21N3/c1-5-14(6-2)13-19-16(7-3)20-17(18-4)15-11-9-8-10-12-15/h5-6,8-12H,1,4,7,13H2,2-3H3/b14-6+,19-16?,20-17?. The molecule has 1 rings (SSSR count). The molecule has 104 valence electrons. The zero-order chi connectivity index (χ0) is 14.8. The van der Waals surface area contributed by atoms with Crippen LogP contribution in [0.3, 0.4) is 0 Å². The van der Waals surface area contributed by atoms with Gasteiger partial charge in [-0.2, -0.15) is 0 Å². The Kier molecular flexibility index (Phi) is 6.90. The predicted molar refractivity (Wildman–Crippen MR) is 89.1 cm³/mol. The van der Waals surface area contributed by atoms with E-state index >= 15 is 0 Å². The predicted octanol–water partition coefficient (Wildman–Crippen LogP) is 4.07. The lowest BCUT2D eigenvalue weighted by Gasteiger charge is -2.03. The Morgan fingerprint density at radius 2 is 1.95 bits per heavy atom. The summed E-state index contributed by atoms with van der Waals surface area (Å²) in [5, 5.41) is 0. The minimum Gasteiger partial charge on any atom is -0.266 e. The Morgan fingerprint density at radius 1 is 1.25 bits per heavy atom. The lowest BCUT2D eigenvalue weighted by molar-refractivity contribution is 1.12. The van der Waals surface area contributed by atoms with Crippen molar-refractivity contribution in [2.75, 3.05) is 6.54 Å². The quantitative estimate of drug-likeness (QED) is 0.438. The van der Waals surface area contributed by atoms with E-state index in [-0.39, 0.29) is 0 Å². The van der Waals surface area contributed by atoms with Crippen LogP contribution in [0, 0.1) is 0 Å². The highest BCUT2D eigenvalue weighted by atomic mass is 15.0. The molecule has 0 saturated heterocycles. The van der Waals surface area contributed by atoms with Gasteiger partial charge in [0.2, 0.25) is 0 Å². The summed E-state index contributed by atoms with van der Waals surface area (Å²) in [6.45, 7) is 11.9. The molecule has 0 heterocycles. The highest BCUT2D eigenvalue weighted by Crippen LogP contribution is 2.05. The van der Waals surface area contributed by atoms with Gasteiger partial charge in [0.05, 0.1) is 6.54 Å². The molecular weight excluding hydrogens is 246 g/mol. The molecule has 0 aromatic heterocycles. The van der Waals surface area contributed by atoms with Gasteiger partial charge in [-0.25, -0.2) is 9.98 Å². The second-order valence-corrected chi connectivity index (χ2v) is 4.11. The molecule has 1 aromatic rings. The van der Waals surface area contributed by atoms with Crippen molar-refractivity contribution in [2.24, 2.45) is 15.0 Å². The largest absolute Gasteiger partial charge is 0.266 e. The number of amidine groups is 2. The topological polar surface area (TPSA) is 37.1 Å². The molecule has 0 fully saturated rings. The number of nitrogens with zero attached hydrogens (tertiary/aromatic N) is 3. The van der Waals surface area contributed by atoms with Crippen LogP contribution in [0.2, 0.25) is 0 Å². The van der Waals surface area contributed by atoms with Crippen LogP contribution in [0.1, 0.15) is 25.8 Å². The van der Waals surface area contributed by atoms with Crippen molar-refractivity contribution in [1.29, 1.82) is 0 Å². The van der Waals surface area contributed by atoms with Gasteiger partial charge in [-0.3, -0.25) is 4.99 Å². The second kappa shape index (κ2) is 8.75. The minimum absolute atomic E-state index is 0.589. The highest BCUT2D eigenvalue weighted by Gasteiger charge is 2.02. The summed E-state index contributed by atoms with van der Waals surface area (Å²) in [7, 11) is 0. The summed E-state index contributed by atoms with van der Waals surface area (Å²) < 4.78 is 0. The smallest absolute Gasteiger partial charge is 0.160 e. The van der Waals surface area contributed by atoms with E-state index in [1.807, 2.05) is 56.3 Å². The van der Waals surface area contributed by atoms with Crippen molar-refractivity contribution in [2.45, 2.75) is 20.3 Å². The van der Waals surface area contributed by atoms with E-state index in [0.717, 1.165) is 23.4 Å². The number of benzene rings is 1. The average molecular weight is 267 g/mol. The minimum atomic E-state index is 0.589. The molecule has 0 saturated carbocycles. The number of rotatable bonds is 5. The van der Waals surface area contributed by atoms with E-state index in [1.54, 1.807) is 0 Å². The van der Waals surface area contributed by atoms with Crippen LogP contribution in [0.4, 0.5) is 0 Å². The average Bonchev–Trinajstić information content (AvgIpc) is 2.52. The summed E-state index contributed by atoms with van der Waals surface area (Å²) in [5.74, 6) is 1.37. The fraction of sp³-hybridized carbons (Fsp3) is 0.235. The second-order valence-electron chi connectivity index (χ2n) is 4.11. The third-order valence-corrected chi connectivity index (χ3v) is 2.81. The summed E-state index contributed by atoms with van der Waals surface area (Å²) >= 11 is 0. The highest BCUT2D eigenvalue weighted by molar-refractivity contribution is 6.08. The van der Waals surface area contributed by atoms with Crippen LogP contribution in [0.25, 0.3) is 0 Å². The van der Waals surface area contributed by atoms with Crippen LogP contribution in [-0.4, -0.2) is 24.9 Å². The maximum atomic E-state index is 4.50. The van der Waals surface area contributed by atoms with E-state index in [9.17, 15) is 0 Å². The first-order valence-corrected chi connectivity index (χ1v) is 6.66. The van der Waals surface area contributed by atoms with Gasteiger partial charge in [0.15, 0.2) is 5.84 Å². The van der Waals surface area contributed by atoms with E-state index in [4.69, 9.17) is 0 Å². The molecule has 3 nitrogen and oxygen atoms in total. The first-order valence-electron chi connectivity index (χ1n) is 6.66. The van der Waals surface area contributed by atoms with Crippen molar-refractivity contribution >= 4 is 18.4 Å². The molecule has 0 spiro atoms. The third-order valence-electron chi connectivity index (χ3n) is 2.81. The lowest BCUT2D eigenvalue weighted by Crippen LogP contribution is -2.03. The van der Waals surface area contributed by atoms with Gasteiger partial charge in [-0.05, 0) is 19.2 Å². The third kappa shape index (κ3) is 4.76. The van der Waals surface area contributed by atoms with Crippen LogP contribution >= 0.6 is 0 Å². The molecule has 0 N–H and O–H groups in total. The van der Waals surface area contributed by atoms with Gasteiger partial charge in [-0.1, -0.05) is 56.0 Å². The molecular formula is C17H21N3. The van der Waals surface area contributed by atoms with E-state index in [0.29, 0.717) is 12.4 Å². The van der Waals surface area contributed by atoms with Gasteiger partial charge < -0.3 is 0 Å². The maximum Gasteiger partial charge on any atom is 0.160 e.